The molecule has 2 N–H and O–H groups in total. The van der Waals surface area contributed by atoms with Crippen LogP contribution >= 0.6 is 11.8 Å². The lowest BCUT2D eigenvalue weighted by atomic mass is 10.0. The second kappa shape index (κ2) is 8.83. The molecule has 0 radical (unpaired) electrons. The number of carboxylic acids is 1. The zero-order chi connectivity index (χ0) is 16.7. The highest BCUT2D eigenvalue weighted by atomic mass is 32.2. The standard InChI is InChI=1S/C17H25NO3S/c1-11(2)9-10-12(3)18-16(19)14-7-5-6-8-15(14)22-13(4)17(20)21/h5-8,11-13H,9-10H2,1-4H3,(H,18,19)(H,20,21). The SMILES string of the molecule is CC(C)CCC(C)NC(=O)c1ccccc1SC(C)C(=O)O. The van der Waals surface area contributed by atoms with E-state index in [4.69, 9.17) is 5.11 Å². The van der Waals surface area contributed by atoms with Gasteiger partial charge in [0.1, 0.15) is 5.25 Å². The minimum Gasteiger partial charge on any atom is -0.480 e. The van der Waals surface area contributed by atoms with Crippen molar-refractivity contribution in [1.29, 1.82) is 0 Å². The molecule has 22 heavy (non-hydrogen) atoms. The molecule has 1 aromatic rings. The maximum absolute atomic E-state index is 12.4. The monoisotopic (exact) mass is 323 g/mol. The summed E-state index contributed by atoms with van der Waals surface area (Å²) in [5.74, 6) is -0.416. The van der Waals surface area contributed by atoms with Gasteiger partial charge in [-0.25, -0.2) is 0 Å². The van der Waals surface area contributed by atoms with E-state index in [1.165, 1.54) is 11.8 Å². The van der Waals surface area contributed by atoms with Crippen molar-refractivity contribution >= 4 is 23.6 Å². The highest BCUT2D eigenvalue weighted by Crippen LogP contribution is 2.27. The number of rotatable bonds is 8. The van der Waals surface area contributed by atoms with Gasteiger partial charge in [-0.2, -0.15) is 0 Å². The molecule has 1 amide bonds. The van der Waals surface area contributed by atoms with E-state index in [-0.39, 0.29) is 11.9 Å². The predicted molar refractivity (Wildman–Crippen MR) is 90.4 cm³/mol. The van der Waals surface area contributed by atoms with Gasteiger partial charge >= 0.3 is 5.97 Å². The van der Waals surface area contributed by atoms with Crippen LogP contribution in [0.25, 0.3) is 0 Å². The zero-order valence-corrected chi connectivity index (χ0v) is 14.4. The van der Waals surface area contributed by atoms with Crippen molar-refractivity contribution in [1.82, 2.24) is 5.32 Å². The van der Waals surface area contributed by atoms with Gasteiger partial charge in [0.15, 0.2) is 0 Å². The number of thioether (sulfide) groups is 1. The van der Waals surface area contributed by atoms with Gasteiger partial charge in [-0.05, 0) is 44.7 Å². The summed E-state index contributed by atoms with van der Waals surface area (Å²) in [7, 11) is 0. The van der Waals surface area contributed by atoms with Crippen LogP contribution in [-0.2, 0) is 4.79 Å². The molecule has 2 unspecified atom stereocenters. The molecule has 0 bridgehead atoms. The maximum Gasteiger partial charge on any atom is 0.316 e. The van der Waals surface area contributed by atoms with Crippen molar-refractivity contribution in [2.24, 2.45) is 5.92 Å². The van der Waals surface area contributed by atoms with Crippen LogP contribution in [-0.4, -0.2) is 28.3 Å². The van der Waals surface area contributed by atoms with E-state index in [9.17, 15) is 9.59 Å². The average molecular weight is 323 g/mol. The van der Waals surface area contributed by atoms with E-state index in [2.05, 4.69) is 19.2 Å². The van der Waals surface area contributed by atoms with Crippen LogP contribution in [0.4, 0.5) is 0 Å². The Morgan fingerprint density at radius 2 is 1.77 bits per heavy atom. The fourth-order valence-corrected chi connectivity index (χ4v) is 2.88. The molecule has 0 fully saturated rings. The molecule has 4 nitrogen and oxygen atoms in total. The highest BCUT2D eigenvalue weighted by molar-refractivity contribution is 8.00. The van der Waals surface area contributed by atoms with Crippen molar-refractivity contribution < 1.29 is 14.7 Å². The number of carboxylic acid groups (broad SMARTS) is 1. The minimum atomic E-state index is -0.884. The fourth-order valence-electron chi connectivity index (χ4n) is 1.95. The van der Waals surface area contributed by atoms with Gasteiger partial charge < -0.3 is 10.4 Å². The van der Waals surface area contributed by atoms with Crippen molar-refractivity contribution in [2.75, 3.05) is 0 Å². The van der Waals surface area contributed by atoms with E-state index in [1.807, 2.05) is 13.0 Å². The number of amides is 1. The highest BCUT2D eigenvalue weighted by Gasteiger charge is 2.18. The quantitative estimate of drug-likeness (QED) is 0.714. The summed E-state index contributed by atoms with van der Waals surface area (Å²) in [4.78, 5) is 24.1. The third-order valence-corrected chi connectivity index (χ3v) is 4.50. The van der Waals surface area contributed by atoms with Crippen molar-refractivity contribution in [3.8, 4) is 0 Å². The van der Waals surface area contributed by atoms with Gasteiger partial charge in [-0.3, -0.25) is 9.59 Å². The van der Waals surface area contributed by atoms with Crippen molar-refractivity contribution in [3.63, 3.8) is 0 Å². The first kappa shape index (κ1) is 18.6. The second-order valence-electron chi connectivity index (χ2n) is 5.94. The van der Waals surface area contributed by atoms with Gasteiger partial charge in [0, 0.05) is 10.9 Å². The van der Waals surface area contributed by atoms with Crippen molar-refractivity contribution in [3.05, 3.63) is 29.8 Å². The summed E-state index contributed by atoms with van der Waals surface area (Å²) in [6, 6.07) is 7.24. The van der Waals surface area contributed by atoms with E-state index in [1.54, 1.807) is 25.1 Å². The summed E-state index contributed by atoms with van der Waals surface area (Å²) in [6.07, 6.45) is 2.00. The van der Waals surface area contributed by atoms with Crippen LogP contribution in [0.1, 0.15) is 50.9 Å². The van der Waals surface area contributed by atoms with Crippen molar-refractivity contribution in [2.45, 2.75) is 56.7 Å². The Bertz CT molecular complexity index is 516. The molecule has 0 aromatic heterocycles. The number of carbonyl (C=O) groups is 2. The summed E-state index contributed by atoms with van der Waals surface area (Å²) < 4.78 is 0. The topological polar surface area (TPSA) is 66.4 Å². The number of hydrogen-bond acceptors (Lipinski definition) is 3. The number of hydrogen-bond donors (Lipinski definition) is 2. The normalized spacial score (nSPS) is 13.7. The van der Waals surface area contributed by atoms with Crippen LogP contribution in [0, 0.1) is 5.92 Å². The Morgan fingerprint density at radius 1 is 1.14 bits per heavy atom. The van der Waals surface area contributed by atoms with Crippen LogP contribution < -0.4 is 5.32 Å². The lowest BCUT2D eigenvalue weighted by Gasteiger charge is -2.17. The van der Waals surface area contributed by atoms with E-state index in [0.29, 0.717) is 16.4 Å². The number of aliphatic carboxylic acids is 1. The molecule has 0 heterocycles. The van der Waals surface area contributed by atoms with Gasteiger partial charge in [0.05, 0.1) is 5.56 Å². The van der Waals surface area contributed by atoms with Gasteiger partial charge in [-0.1, -0.05) is 26.0 Å². The van der Waals surface area contributed by atoms with Gasteiger partial charge in [0.2, 0.25) is 0 Å². The van der Waals surface area contributed by atoms with Crippen LogP contribution in [0.2, 0.25) is 0 Å². The molecule has 5 heteroatoms. The lowest BCUT2D eigenvalue weighted by Crippen LogP contribution is -2.33. The summed E-state index contributed by atoms with van der Waals surface area (Å²) in [6.45, 7) is 7.93. The van der Waals surface area contributed by atoms with Gasteiger partial charge in [-0.15, -0.1) is 11.8 Å². The maximum atomic E-state index is 12.4. The number of carbonyl (C=O) groups excluding carboxylic acids is 1. The van der Waals surface area contributed by atoms with Crippen LogP contribution in [0.15, 0.2) is 29.2 Å². The first-order valence-corrected chi connectivity index (χ1v) is 8.48. The molecule has 1 aromatic carbocycles. The third-order valence-electron chi connectivity index (χ3n) is 3.34. The Morgan fingerprint density at radius 3 is 2.36 bits per heavy atom. The smallest absolute Gasteiger partial charge is 0.316 e. The molecule has 0 aliphatic carbocycles. The molecule has 0 spiro atoms. The van der Waals surface area contributed by atoms with E-state index < -0.39 is 11.2 Å². The fraction of sp³-hybridized carbons (Fsp3) is 0.529. The minimum absolute atomic E-state index is 0.102. The summed E-state index contributed by atoms with van der Waals surface area (Å²) >= 11 is 1.19. The Labute approximate surface area is 136 Å². The summed E-state index contributed by atoms with van der Waals surface area (Å²) in [5, 5.41) is 11.4. The Hall–Kier alpha value is -1.49. The first-order valence-electron chi connectivity index (χ1n) is 7.60. The first-order chi connectivity index (χ1) is 10.3. The third kappa shape index (κ3) is 6.10. The Kier molecular flexibility index (Phi) is 7.45. The van der Waals surface area contributed by atoms with Gasteiger partial charge in [0.25, 0.3) is 5.91 Å². The van der Waals surface area contributed by atoms with E-state index >= 15 is 0 Å². The van der Waals surface area contributed by atoms with Crippen LogP contribution in [0.5, 0.6) is 0 Å². The number of nitrogens with one attached hydrogen (secondary N) is 1. The van der Waals surface area contributed by atoms with E-state index in [0.717, 1.165) is 12.8 Å². The van der Waals surface area contributed by atoms with Crippen LogP contribution in [0.3, 0.4) is 0 Å². The molecule has 0 saturated heterocycles. The average Bonchev–Trinajstić information content (AvgIpc) is 2.45. The largest absolute Gasteiger partial charge is 0.480 e. The molecule has 0 saturated carbocycles. The Balaban J connectivity index is 2.74. The molecule has 2 atom stereocenters. The molecule has 122 valence electrons. The zero-order valence-electron chi connectivity index (χ0n) is 13.6. The predicted octanol–water partition coefficient (Wildman–Crippen LogP) is 3.81. The lowest BCUT2D eigenvalue weighted by molar-refractivity contribution is -0.136. The molecular weight excluding hydrogens is 298 g/mol. The molecule has 1 rings (SSSR count). The number of benzene rings is 1. The molecule has 0 aliphatic heterocycles. The second-order valence-corrected chi connectivity index (χ2v) is 7.32. The summed E-state index contributed by atoms with van der Waals surface area (Å²) in [5.41, 5.74) is 0.539. The molecule has 0 aliphatic rings. The molecular formula is C17H25NO3S.